The fraction of sp³-hybridized carbons (Fsp3) is 0.158. The number of halogens is 6. The van der Waals surface area contributed by atoms with Crippen molar-refractivity contribution in [2.24, 2.45) is 5.73 Å². The average molecular weight is 481 g/mol. The number of hydrogen-bond donors (Lipinski definition) is 2. The minimum absolute atomic E-state index is 0.0183. The second-order valence-electron chi connectivity index (χ2n) is 5.84. The lowest BCUT2D eigenvalue weighted by atomic mass is 10.2. The van der Waals surface area contributed by atoms with E-state index in [2.05, 4.69) is 4.98 Å². The molecule has 0 radical (unpaired) electrons. The molecule has 166 valence electrons. The molecule has 1 aromatic heterocycles. The van der Waals surface area contributed by atoms with Crippen LogP contribution in [0.1, 0.15) is 0 Å². The Labute approximate surface area is 181 Å². The first kappa shape index (κ1) is 24.5. The third-order valence-corrected chi connectivity index (χ3v) is 4.90. The van der Waals surface area contributed by atoms with Crippen molar-refractivity contribution in [3.8, 4) is 16.3 Å². The number of carboxylic acids is 1. The minimum atomic E-state index is -5.08. The summed E-state index contributed by atoms with van der Waals surface area (Å²) in [5.41, 5.74) is 7.03. The van der Waals surface area contributed by atoms with Crippen LogP contribution in [-0.4, -0.2) is 35.4 Å². The number of fused-ring (bicyclic) bond motifs is 1. The molecule has 3 N–H and O–H groups in total. The zero-order chi connectivity index (χ0) is 23.2. The summed E-state index contributed by atoms with van der Waals surface area (Å²) in [5.74, 6) is -3.26. The Morgan fingerprint density at radius 3 is 2.48 bits per heavy atom. The third-order valence-electron chi connectivity index (χ3n) is 3.60. The van der Waals surface area contributed by atoms with E-state index in [0.29, 0.717) is 21.9 Å². The molecule has 5 nitrogen and oxygen atoms in total. The smallest absolute Gasteiger partial charge is 0.486 e. The molecule has 0 aliphatic heterocycles. The summed E-state index contributed by atoms with van der Waals surface area (Å²) in [6.45, 7) is -0.0760. The van der Waals surface area contributed by atoms with Gasteiger partial charge in [0.2, 0.25) is 0 Å². The zero-order valence-electron chi connectivity index (χ0n) is 15.4. The molecule has 1 heterocycles. The number of aliphatic carboxylic acids is 1. The van der Waals surface area contributed by atoms with E-state index < -0.39 is 18.0 Å². The number of alkyl halides is 3. The lowest BCUT2D eigenvalue weighted by Gasteiger charge is -2.08. The maximum Gasteiger partial charge on any atom is 0.490 e. The fourth-order valence-corrected chi connectivity index (χ4v) is 3.32. The highest BCUT2D eigenvalue weighted by Gasteiger charge is 2.38. The topological polar surface area (TPSA) is 85.4 Å². The molecule has 0 amide bonds. The van der Waals surface area contributed by atoms with Crippen molar-refractivity contribution < 1.29 is 36.6 Å². The molecular formula is C19H14ClF5N2O3S. The number of carboxylic acid groups (broad SMARTS) is 1. The Hall–Kier alpha value is -2.76. The number of carbonyl (C=O) groups is 1. The van der Waals surface area contributed by atoms with E-state index in [0.717, 1.165) is 10.2 Å². The first-order valence-electron chi connectivity index (χ1n) is 8.32. The molecule has 0 atom stereocenters. The van der Waals surface area contributed by atoms with Crippen molar-refractivity contribution in [3.63, 3.8) is 0 Å². The van der Waals surface area contributed by atoms with Gasteiger partial charge in [-0.2, -0.15) is 13.2 Å². The van der Waals surface area contributed by atoms with Crippen LogP contribution in [0.3, 0.4) is 0 Å². The minimum Gasteiger partial charge on any atom is -0.486 e. The molecule has 0 bridgehead atoms. The van der Waals surface area contributed by atoms with E-state index in [9.17, 15) is 22.0 Å². The number of nitrogens with zero attached hydrogens (tertiary/aromatic N) is 1. The monoisotopic (exact) mass is 480 g/mol. The first-order valence-corrected chi connectivity index (χ1v) is 9.51. The highest BCUT2D eigenvalue weighted by atomic mass is 35.5. The van der Waals surface area contributed by atoms with Gasteiger partial charge in [-0.3, -0.25) is 0 Å². The van der Waals surface area contributed by atoms with E-state index in [1.165, 1.54) is 23.5 Å². The molecule has 0 saturated heterocycles. The summed E-state index contributed by atoms with van der Waals surface area (Å²) in [4.78, 5) is 13.4. The van der Waals surface area contributed by atoms with Crippen molar-refractivity contribution in [1.29, 1.82) is 0 Å². The summed E-state index contributed by atoms with van der Waals surface area (Å²) in [6, 6.07) is 9.95. The molecular weight excluding hydrogens is 467 g/mol. The van der Waals surface area contributed by atoms with Crippen molar-refractivity contribution >= 4 is 39.1 Å². The molecule has 0 aliphatic carbocycles. The molecule has 0 spiro atoms. The molecule has 31 heavy (non-hydrogen) atoms. The molecule has 0 unspecified atom stereocenters. The number of thiazole rings is 1. The number of nitrogens with two attached hydrogens (primary N) is 1. The van der Waals surface area contributed by atoms with Gasteiger partial charge in [0.25, 0.3) is 0 Å². The molecule has 3 aromatic rings. The number of rotatable bonds is 5. The van der Waals surface area contributed by atoms with Gasteiger partial charge in [-0.25, -0.2) is 18.6 Å². The van der Waals surface area contributed by atoms with E-state index >= 15 is 0 Å². The summed E-state index contributed by atoms with van der Waals surface area (Å²) >= 11 is 7.39. The van der Waals surface area contributed by atoms with Crippen LogP contribution in [0.4, 0.5) is 22.0 Å². The van der Waals surface area contributed by atoms with Gasteiger partial charge in [0.05, 0.1) is 16.5 Å². The quantitative estimate of drug-likeness (QED) is 0.466. The summed E-state index contributed by atoms with van der Waals surface area (Å²) in [5, 5.41) is 8.44. The SMILES string of the molecule is NC/C(=C/F)COc1ccc(-c2nc3ccc(Cl)cc3s2)cc1F.O=C(O)C(F)(F)F. The van der Waals surface area contributed by atoms with Crippen LogP contribution in [0.2, 0.25) is 5.02 Å². The van der Waals surface area contributed by atoms with Crippen LogP contribution in [0.25, 0.3) is 20.8 Å². The summed E-state index contributed by atoms with van der Waals surface area (Å²) in [7, 11) is 0. The predicted molar refractivity (Wildman–Crippen MR) is 107 cm³/mol. The van der Waals surface area contributed by atoms with Gasteiger partial charge in [-0.15, -0.1) is 11.3 Å². The maximum absolute atomic E-state index is 14.2. The van der Waals surface area contributed by atoms with Crippen LogP contribution in [0.15, 0.2) is 48.3 Å². The Morgan fingerprint density at radius 1 is 1.26 bits per heavy atom. The molecule has 0 saturated carbocycles. The molecule has 0 fully saturated rings. The van der Waals surface area contributed by atoms with E-state index in [1.54, 1.807) is 12.1 Å². The van der Waals surface area contributed by atoms with Crippen LogP contribution < -0.4 is 10.5 Å². The molecule has 2 aromatic carbocycles. The van der Waals surface area contributed by atoms with Crippen LogP contribution >= 0.6 is 22.9 Å². The van der Waals surface area contributed by atoms with Gasteiger partial charge in [0.1, 0.15) is 11.6 Å². The Morgan fingerprint density at radius 2 is 1.94 bits per heavy atom. The maximum atomic E-state index is 14.2. The molecule has 0 aliphatic rings. The summed E-state index contributed by atoms with van der Waals surface area (Å²) in [6.07, 6.45) is -4.71. The predicted octanol–water partition coefficient (Wildman–Crippen LogP) is 5.58. The average Bonchev–Trinajstić information content (AvgIpc) is 3.12. The largest absolute Gasteiger partial charge is 0.490 e. The Balaban J connectivity index is 0.000000423. The van der Waals surface area contributed by atoms with Crippen LogP contribution in [-0.2, 0) is 4.79 Å². The molecule has 12 heteroatoms. The standard InChI is InChI=1S/C17H13ClF2N2OS.C2HF3O2/c18-12-2-3-14-16(6-12)24-17(22-14)11-1-4-15(13(20)5-11)23-9-10(7-19)8-21;3-2(4,5)1(6)7/h1-7H,8-9,21H2;(H,6,7)/b10-7-;. The second kappa shape index (κ2) is 10.5. The lowest BCUT2D eigenvalue weighted by Crippen LogP contribution is -2.21. The number of benzene rings is 2. The lowest BCUT2D eigenvalue weighted by molar-refractivity contribution is -0.192. The highest BCUT2D eigenvalue weighted by molar-refractivity contribution is 7.21. The van der Waals surface area contributed by atoms with Gasteiger partial charge < -0.3 is 15.6 Å². The van der Waals surface area contributed by atoms with Gasteiger partial charge in [-0.05, 0) is 36.4 Å². The zero-order valence-corrected chi connectivity index (χ0v) is 17.0. The fourth-order valence-electron chi connectivity index (χ4n) is 2.08. The second-order valence-corrected chi connectivity index (χ2v) is 7.31. The van der Waals surface area contributed by atoms with Crippen LogP contribution in [0.5, 0.6) is 5.75 Å². The van der Waals surface area contributed by atoms with E-state index in [4.69, 9.17) is 32.0 Å². The van der Waals surface area contributed by atoms with E-state index in [-0.39, 0.29) is 24.5 Å². The van der Waals surface area contributed by atoms with Crippen LogP contribution in [0, 0.1) is 5.82 Å². The van der Waals surface area contributed by atoms with Gasteiger partial charge >= 0.3 is 12.1 Å². The van der Waals surface area contributed by atoms with Crippen molar-refractivity contribution in [2.45, 2.75) is 6.18 Å². The highest BCUT2D eigenvalue weighted by Crippen LogP contribution is 2.33. The summed E-state index contributed by atoms with van der Waals surface area (Å²) < 4.78 is 64.6. The number of aromatic nitrogens is 1. The molecule has 3 rings (SSSR count). The van der Waals surface area contributed by atoms with Crippen molar-refractivity contribution in [2.75, 3.05) is 13.2 Å². The van der Waals surface area contributed by atoms with Gasteiger partial charge in [-0.1, -0.05) is 11.6 Å². The van der Waals surface area contributed by atoms with Crippen molar-refractivity contribution in [1.82, 2.24) is 4.98 Å². The Kier molecular flexibility index (Phi) is 8.31. The number of hydrogen-bond acceptors (Lipinski definition) is 5. The normalized spacial score (nSPS) is 11.8. The van der Waals surface area contributed by atoms with E-state index in [1.807, 2.05) is 12.1 Å². The van der Waals surface area contributed by atoms with Gasteiger partial charge in [0, 0.05) is 22.7 Å². The van der Waals surface area contributed by atoms with Crippen molar-refractivity contribution in [3.05, 3.63) is 59.1 Å². The first-order chi connectivity index (χ1) is 14.5. The third kappa shape index (κ3) is 6.88. The Bertz CT molecular complexity index is 1100. The number of ether oxygens (including phenoxy) is 1. The van der Waals surface area contributed by atoms with Gasteiger partial charge in [0.15, 0.2) is 11.6 Å².